The fourth-order valence-corrected chi connectivity index (χ4v) is 3.55. The smallest absolute Gasteiger partial charge is 0.166 e. The largest absolute Gasteiger partial charge is 0.492 e. The molecule has 1 aliphatic heterocycles. The minimum Gasteiger partial charge on any atom is -0.492 e. The van der Waals surface area contributed by atoms with Crippen molar-refractivity contribution in [3.05, 3.63) is 64.7 Å². The van der Waals surface area contributed by atoms with Crippen molar-refractivity contribution in [3.63, 3.8) is 0 Å². The lowest BCUT2D eigenvalue weighted by molar-refractivity contribution is 0.0976. The number of carbonyl (C=O) groups is 2. The Bertz CT molecular complexity index is 819. The Morgan fingerprint density at radius 3 is 2.52 bits per heavy atom. The van der Waals surface area contributed by atoms with Gasteiger partial charge in [-0.1, -0.05) is 37.3 Å². The second-order valence-electron chi connectivity index (χ2n) is 7.06. The number of hydrogen-bond acceptors (Lipinski definition) is 3. The van der Waals surface area contributed by atoms with Crippen LogP contribution >= 0.6 is 0 Å². The van der Waals surface area contributed by atoms with Crippen LogP contribution in [0.3, 0.4) is 0 Å². The molecule has 1 fully saturated rings. The first-order chi connectivity index (χ1) is 12.2. The lowest BCUT2D eigenvalue weighted by atomic mass is 9.88. The van der Waals surface area contributed by atoms with E-state index in [1.165, 1.54) is 0 Å². The molecule has 0 unspecified atom stereocenters. The van der Waals surface area contributed by atoms with E-state index in [0.29, 0.717) is 42.2 Å². The Hall–Kier alpha value is -2.42. The molecule has 2 aromatic carbocycles. The van der Waals surface area contributed by atoms with Gasteiger partial charge in [-0.25, -0.2) is 0 Å². The minimum atomic E-state index is 0.0334. The van der Waals surface area contributed by atoms with Gasteiger partial charge in [-0.15, -0.1) is 0 Å². The Kier molecular flexibility index (Phi) is 4.16. The molecule has 0 spiro atoms. The van der Waals surface area contributed by atoms with Gasteiger partial charge < -0.3 is 4.74 Å². The molecular formula is C22H22O3. The minimum absolute atomic E-state index is 0.0334. The molecule has 3 nitrogen and oxygen atoms in total. The number of Topliss-reactive ketones (excluding diaryl/α,β-unsaturated/α-hetero) is 2. The third-order valence-corrected chi connectivity index (χ3v) is 5.20. The van der Waals surface area contributed by atoms with Gasteiger partial charge in [-0.2, -0.15) is 0 Å². The number of rotatable bonds is 6. The highest BCUT2D eigenvalue weighted by Gasteiger charge is 2.32. The number of ketones is 2. The zero-order valence-corrected chi connectivity index (χ0v) is 14.5. The SMILES string of the molecule is CCC(=O)c1cc(C(=O)CC2CC2)cc2c1OC[C@@H]2c1ccccc1. The second-order valence-corrected chi connectivity index (χ2v) is 7.06. The van der Waals surface area contributed by atoms with E-state index < -0.39 is 0 Å². The Labute approximate surface area is 148 Å². The fourth-order valence-electron chi connectivity index (χ4n) is 3.55. The van der Waals surface area contributed by atoms with Gasteiger partial charge in [0, 0.05) is 29.9 Å². The number of hydrogen-bond donors (Lipinski definition) is 0. The average Bonchev–Trinajstić information content (AvgIpc) is 3.36. The molecule has 128 valence electrons. The van der Waals surface area contributed by atoms with Gasteiger partial charge in [-0.3, -0.25) is 9.59 Å². The van der Waals surface area contributed by atoms with Crippen LogP contribution in [0.2, 0.25) is 0 Å². The maximum atomic E-state index is 12.6. The number of carbonyl (C=O) groups excluding carboxylic acids is 2. The van der Waals surface area contributed by atoms with E-state index in [0.717, 1.165) is 24.0 Å². The van der Waals surface area contributed by atoms with Gasteiger partial charge in [0.25, 0.3) is 0 Å². The van der Waals surface area contributed by atoms with E-state index in [-0.39, 0.29) is 17.5 Å². The van der Waals surface area contributed by atoms with Crippen molar-refractivity contribution in [2.24, 2.45) is 5.92 Å². The van der Waals surface area contributed by atoms with Crippen LogP contribution in [0.15, 0.2) is 42.5 Å². The molecule has 0 bridgehead atoms. The third-order valence-electron chi connectivity index (χ3n) is 5.20. The number of fused-ring (bicyclic) bond motifs is 1. The van der Waals surface area contributed by atoms with Gasteiger partial charge in [0.1, 0.15) is 5.75 Å². The molecule has 2 aromatic rings. The summed E-state index contributed by atoms with van der Waals surface area (Å²) in [4.78, 5) is 25.1. The van der Waals surface area contributed by atoms with Crippen LogP contribution in [0.1, 0.15) is 70.4 Å². The topological polar surface area (TPSA) is 43.4 Å². The van der Waals surface area contributed by atoms with Crippen molar-refractivity contribution in [2.45, 2.75) is 38.5 Å². The summed E-state index contributed by atoms with van der Waals surface area (Å²) in [6.45, 7) is 2.36. The highest BCUT2D eigenvalue weighted by molar-refractivity contribution is 6.04. The average molecular weight is 334 g/mol. The first-order valence-corrected chi connectivity index (χ1v) is 9.09. The monoisotopic (exact) mass is 334 g/mol. The molecule has 0 amide bonds. The van der Waals surface area contributed by atoms with Gasteiger partial charge in [0.05, 0.1) is 12.2 Å². The Morgan fingerprint density at radius 1 is 1.08 bits per heavy atom. The van der Waals surface area contributed by atoms with Gasteiger partial charge in [0.15, 0.2) is 11.6 Å². The molecule has 0 aromatic heterocycles. The van der Waals surface area contributed by atoms with E-state index in [4.69, 9.17) is 4.74 Å². The van der Waals surface area contributed by atoms with Gasteiger partial charge in [0.2, 0.25) is 0 Å². The standard InChI is InChI=1S/C22H22O3/c1-2-20(23)18-12-16(21(24)10-14-8-9-14)11-17-19(13-25-22(17)18)15-6-4-3-5-7-15/h3-7,11-12,14,19H,2,8-10,13H2,1H3/t19-/m1/s1. The Morgan fingerprint density at radius 2 is 1.84 bits per heavy atom. The second kappa shape index (κ2) is 6.47. The molecule has 4 rings (SSSR count). The molecule has 1 aliphatic carbocycles. The molecule has 1 saturated carbocycles. The summed E-state index contributed by atoms with van der Waals surface area (Å²) < 4.78 is 5.92. The van der Waals surface area contributed by atoms with Gasteiger partial charge in [-0.05, 0) is 36.5 Å². The highest BCUT2D eigenvalue weighted by Crippen LogP contribution is 2.42. The summed E-state index contributed by atoms with van der Waals surface area (Å²) in [5.74, 6) is 1.46. The van der Waals surface area contributed by atoms with E-state index in [1.54, 1.807) is 6.07 Å². The first-order valence-electron chi connectivity index (χ1n) is 9.09. The van der Waals surface area contributed by atoms with Crippen molar-refractivity contribution in [3.8, 4) is 5.75 Å². The molecule has 0 saturated heterocycles. The highest BCUT2D eigenvalue weighted by atomic mass is 16.5. The van der Waals surface area contributed by atoms with Crippen molar-refractivity contribution >= 4 is 11.6 Å². The van der Waals surface area contributed by atoms with Crippen LogP contribution in [-0.2, 0) is 0 Å². The van der Waals surface area contributed by atoms with E-state index >= 15 is 0 Å². The quantitative estimate of drug-likeness (QED) is 0.714. The maximum Gasteiger partial charge on any atom is 0.166 e. The van der Waals surface area contributed by atoms with E-state index in [9.17, 15) is 9.59 Å². The summed E-state index contributed by atoms with van der Waals surface area (Å²) in [5.41, 5.74) is 3.36. The summed E-state index contributed by atoms with van der Waals surface area (Å²) in [6.07, 6.45) is 3.29. The lowest BCUT2D eigenvalue weighted by Gasteiger charge is -2.12. The fraction of sp³-hybridized carbons (Fsp3) is 0.364. The molecule has 25 heavy (non-hydrogen) atoms. The van der Waals surface area contributed by atoms with Crippen molar-refractivity contribution < 1.29 is 14.3 Å². The predicted molar refractivity (Wildman–Crippen MR) is 96.5 cm³/mol. The van der Waals surface area contributed by atoms with Crippen LogP contribution in [0.25, 0.3) is 0 Å². The maximum absolute atomic E-state index is 12.6. The molecular weight excluding hydrogens is 312 g/mol. The summed E-state index contributed by atoms with van der Waals surface area (Å²) in [7, 11) is 0. The van der Waals surface area contributed by atoms with Gasteiger partial charge >= 0.3 is 0 Å². The van der Waals surface area contributed by atoms with Crippen LogP contribution in [0.5, 0.6) is 5.75 Å². The van der Waals surface area contributed by atoms with Crippen LogP contribution in [0.4, 0.5) is 0 Å². The van der Waals surface area contributed by atoms with Crippen LogP contribution in [-0.4, -0.2) is 18.2 Å². The summed E-state index contributed by atoms with van der Waals surface area (Å²) in [5, 5.41) is 0. The predicted octanol–water partition coefficient (Wildman–Crippen LogP) is 4.79. The Balaban J connectivity index is 1.78. The van der Waals surface area contributed by atoms with Crippen molar-refractivity contribution in [1.82, 2.24) is 0 Å². The molecule has 0 radical (unpaired) electrons. The van der Waals surface area contributed by atoms with E-state index in [2.05, 4.69) is 12.1 Å². The zero-order valence-electron chi connectivity index (χ0n) is 14.5. The van der Waals surface area contributed by atoms with E-state index in [1.807, 2.05) is 31.2 Å². The van der Waals surface area contributed by atoms with Crippen LogP contribution in [0, 0.1) is 5.92 Å². The molecule has 1 heterocycles. The van der Waals surface area contributed by atoms with Crippen LogP contribution < -0.4 is 4.74 Å². The molecule has 1 atom stereocenters. The number of ether oxygens (including phenoxy) is 1. The molecule has 2 aliphatic rings. The summed E-state index contributed by atoms with van der Waals surface area (Å²) in [6, 6.07) is 13.9. The summed E-state index contributed by atoms with van der Waals surface area (Å²) >= 11 is 0. The third kappa shape index (κ3) is 3.11. The van der Waals surface area contributed by atoms with Crippen molar-refractivity contribution in [2.75, 3.05) is 6.61 Å². The normalized spacial score (nSPS) is 18.5. The first kappa shape index (κ1) is 16.1. The van der Waals surface area contributed by atoms with Crippen molar-refractivity contribution in [1.29, 1.82) is 0 Å². The molecule has 0 N–H and O–H groups in total. The number of benzene rings is 2. The lowest BCUT2D eigenvalue weighted by Crippen LogP contribution is -2.07. The zero-order chi connectivity index (χ0) is 17.4. The molecule has 3 heteroatoms.